The van der Waals surface area contributed by atoms with Gasteiger partial charge in [-0.15, -0.1) is 0 Å². The van der Waals surface area contributed by atoms with Crippen LogP contribution in [0.4, 0.5) is 0 Å². The zero-order chi connectivity index (χ0) is 7.72. The molecule has 58 valence electrons. The van der Waals surface area contributed by atoms with Gasteiger partial charge < -0.3 is 2.85 Å². The average molecular weight is 191 g/mol. The van der Waals surface area contributed by atoms with Crippen LogP contribution in [0.25, 0.3) is 0 Å². The van der Waals surface area contributed by atoms with Crippen LogP contribution < -0.4 is 76.2 Å². The van der Waals surface area contributed by atoms with Gasteiger partial charge in [0.05, 0.1) is 0 Å². The zero-order valence-corrected chi connectivity index (χ0v) is 11.2. The first-order valence-electron chi connectivity index (χ1n) is 2.51. The normalized spacial score (nSPS) is 8.08. The number of aromatic amines is 2. The second-order valence-electron chi connectivity index (χ2n) is 1.75. The molecule has 0 aromatic carbocycles. The number of nitrogens with one attached hydrogen (secondary N) is 2. The third kappa shape index (κ3) is 3.42. The Balaban J connectivity index is -0.000000125. The predicted molar refractivity (Wildman–Crippen MR) is 35.1 cm³/mol. The third-order valence-corrected chi connectivity index (χ3v) is 1.05. The first-order chi connectivity index (χ1) is 4.61. The van der Waals surface area contributed by atoms with E-state index in [1.807, 2.05) is 9.97 Å². The Morgan fingerprint density at radius 1 is 1.08 bits per heavy atom. The molecule has 0 spiro atoms. The van der Waals surface area contributed by atoms with Crippen molar-refractivity contribution in [3.05, 3.63) is 31.5 Å². The maximum atomic E-state index is 10.5. The first-order valence-corrected chi connectivity index (χ1v) is 2.51. The van der Waals surface area contributed by atoms with Crippen molar-refractivity contribution in [3.63, 3.8) is 0 Å². The minimum absolute atomic E-state index is 0. The molecule has 1 heterocycles. The Labute approximate surface area is 114 Å². The maximum absolute atomic E-state index is 10.5. The van der Waals surface area contributed by atoms with E-state index in [1.165, 1.54) is 7.05 Å². The molecule has 0 radical (unpaired) electrons. The molecule has 0 aliphatic rings. The van der Waals surface area contributed by atoms with Gasteiger partial charge in [0.25, 0.3) is 0 Å². The van der Waals surface area contributed by atoms with Gasteiger partial charge in [-0.25, -0.2) is 19.0 Å². The molecular weight excluding hydrogens is 184 g/mol. The summed E-state index contributed by atoms with van der Waals surface area (Å²) in [6.45, 7) is 0. The van der Waals surface area contributed by atoms with E-state index in [9.17, 15) is 14.4 Å². The molecule has 1 rings (SSSR count). The molecule has 0 atom stereocenters. The van der Waals surface area contributed by atoms with Crippen LogP contribution in [0, 0.1) is 0 Å². The molecule has 0 bridgehead atoms. The fourth-order valence-corrected chi connectivity index (χ4v) is 0.485. The monoisotopic (exact) mass is 191 g/mol. The predicted octanol–water partition coefficient (Wildman–Crippen LogP) is -8.01. The fourth-order valence-electron chi connectivity index (χ4n) is 0.485. The molecule has 0 aliphatic carbocycles. The van der Waals surface area contributed by atoms with E-state index < -0.39 is 17.1 Å². The van der Waals surface area contributed by atoms with Gasteiger partial charge in [0.2, 0.25) is 0 Å². The third-order valence-electron chi connectivity index (χ3n) is 1.05. The Morgan fingerprint density at radius 2 is 1.42 bits per heavy atom. The number of aromatic nitrogens is 3. The van der Waals surface area contributed by atoms with E-state index >= 15 is 0 Å². The molecule has 2 N–H and O–H groups in total. The Morgan fingerprint density at radius 3 is 1.75 bits per heavy atom. The zero-order valence-electron chi connectivity index (χ0n) is 9.17. The van der Waals surface area contributed by atoms with Crippen LogP contribution >= 0.6 is 0 Å². The number of hydrogen-bond acceptors (Lipinski definition) is 3. The SMILES string of the molecule is Cn1c(=O)[nH]c(=O)[nH]c1=O.[H-].[H-].[Na+].[Na+]. The molecule has 6 nitrogen and oxygen atoms in total. The van der Waals surface area contributed by atoms with Gasteiger partial charge in [0.15, 0.2) is 0 Å². The van der Waals surface area contributed by atoms with Crippen molar-refractivity contribution >= 4 is 0 Å². The fraction of sp³-hybridized carbons (Fsp3) is 0.250. The van der Waals surface area contributed by atoms with Crippen LogP contribution in [0.5, 0.6) is 0 Å². The van der Waals surface area contributed by atoms with Crippen LogP contribution in [0.1, 0.15) is 2.85 Å². The van der Waals surface area contributed by atoms with E-state index in [4.69, 9.17) is 0 Å². The number of H-pyrrole nitrogens is 2. The van der Waals surface area contributed by atoms with Crippen LogP contribution in [0.2, 0.25) is 0 Å². The minimum Gasteiger partial charge on any atom is -1.00 e. The summed E-state index contributed by atoms with van der Waals surface area (Å²) >= 11 is 0. The summed E-state index contributed by atoms with van der Waals surface area (Å²) in [4.78, 5) is 35.2. The largest absolute Gasteiger partial charge is 1.00 e. The smallest absolute Gasteiger partial charge is 1.00 e. The molecule has 12 heavy (non-hydrogen) atoms. The van der Waals surface area contributed by atoms with Crippen molar-refractivity contribution in [1.29, 1.82) is 0 Å². The van der Waals surface area contributed by atoms with Gasteiger partial charge in [-0.3, -0.25) is 9.97 Å². The van der Waals surface area contributed by atoms with Crippen LogP contribution in [0.3, 0.4) is 0 Å². The molecule has 0 saturated carbocycles. The summed E-state index contributed by atoms with van der Waals surface area (Å²) in [5.41, 5.74) is -2.21. The second kappa shape index (κ2) is 5.95. The Bertz CT molecular complexity index is 377. The minimum atomic E-state index is -0.784. The van der Waals surface area contributed by atoms with E-state index in [2.05, 4.69) is 0 Å². The summed E-state index contributed by atoms with van der Waals surface area (Å²) < 4.78 is 0.765. The summed E-state index contributed by atoms with van der Waals surface area (Å²) in [5, 5.41) is 0. The topological polar surface area (TPSA) is 87.7 Å². The van der Waals surface area contributed by atoms with E-state index in [1.54, 1.807) is 0 Å². The molecule has 0 aliphatic heterocycles. The molecule has 0 unspecified atom stereocenters. The molecule has 0 amide bonds. The molecule has 0 fully saturated rings. The van der Waals surface area contributed by atoms with Crippen molar-refractivity contribution in [2.45, 2.75) is 0 Å². The molecule has 1 aromatic heterocycles. The Hall–Kier alpha value is 0.410. The van der Waals surface area contributed by atoms with E-state index in [0.29, 0.717) is 0 Å². The first kappa shape index (κ1) is 14.9. The summed E-state index contributed by atoms with van der Waals surface area (Å²) in [7, 11) is 1.26. The number of nitrogens with zero attached hydrogens (tertiary/aromatic N) is 1. The van der Waals surface area contributed by atoms with E-state index in [0.717, 1.165) is 4.57 Å². The van der Waals surface area contributed by atoms with Gasteiger partial charge in [0.1, 0.15) is 0 Å². The summed E-state index contributed by atoms with van der Waals surface area (Å²) in [6.07, 6.45) is 0. The second-order valence-corrected chi connectivity index (χ2v) is 1.75. The summed E-state index contributed by atoms with van der Waals surface area (Å²) in [6, 6.07) is 0. The average Bonchev–Trinajstić information content (AvgIpc) is 1.82. The number of rotatable bonds is 0. The number of hydrogen-bond donors (Lipinski definition) is 2. The van der Waals surface area contributed by atoms with Crippen molar-refractivity contribution in [3.8, 4) is 0 Å². The van der Waals surface area contributed by atoms with E-state index in [-0.39, 0.29) is 62.0 Å². The molecule has 0 saturated heterocycles. The van der Waals surface area contributed by atoms with Crippen molar-refractivity contribution in [2.75, 3.05) is 0 Å². The molecule has 8 heteroatoms. The van der Waals surface area contributed by atoms with Crippen molar-refractivity contribution in [1.82, 2.24) is 14.5 Å². The van der Waals surface area contributed by atoms with Gasteiger partial charge in [-0.2, -0.15) is 0 Å². The van der Waals surface area contributed by atoms with Gasteiger partial charge >= 0.3 is 76.2 Å². The Kier molecular flexibility index (Phi) is 7.40. The van der Waals surface area contributed by atoms with Crippen molar-refractivity contribution < 1.29 is 62.0 Å². The summed E-state index contributed by atoms with van der Waals surface area (Å²) in [5.74, 6) is 0. The van der Waals surface area contributed by atoms with Gasteiger partial charge in [-0.05, 0) is 0 Å². The standard InChI is InChI=1S/C4H5N3O3.2Na.2H/c1-7-3(9)5-2(8)6-4(7)10;;;;/h1H3,(H2,5,6,8,9,10);;;;/q;2*+1;2*-1. The van der Waals surface area contributed by atoms with Crippen molar-refractivity contribution in [2.24, 2.45) is 7.05 Å². The quantitative estimate of drug-likeness (QED) is 0.399. The van der Waals surface area contributed by atoms with Gasteiger partial charge in [0, 0.05) is 7.05 Å². The van der Waals surface area contributed by atoms with Crippen LogP contribution in [0.15, 0.2) is 14.4 Å². The van der Waals surface area contributed by atoms with Crippen LogP contribution in [-0.2, 0) is 7.05 Å². The molecular formula is C4H7N3Na2O3. The van der Waals surface area contributed by atoms with Gasteiger partial charge in [-0.1, -0.05) is 0 Å². The molecule has 1 aromatic rings. The van der Waals surface area contributed by atoms with Crippen LogP contribution in [-0.4, -0.2) is 14.5 Å². The maximum Gasteiger partial charge on any atom is 1.00 e.